The van der Waals surface area contributed by atoms with E-state index in [9.17, 15) is 9.59 Å². The molecule has 6 heteroatoms. The Labute approximate surface area is 176 Å². The highest BCUT2D eigenvalue weighted by atomic mass is 16.5. The van der Waals surface area contributed by atoms with Gasteiger partial charge in [-0.3, -0.25) is 9.59 Å². The quantitative estimate of drug-likeness (QED) is 0.526. The van der Waals surface area contributed by atoms with Crippen LogP contribution in [-0.2, 0) is 4.79 Å². The first-order valence-electron chi connectivity index (χ1n) is 9.78. The lowest BCUT2D eigenvalue weighted by Crippen LogP contribution is -2.27. The van der Waals surface area contributed by atoms with Crippen LogP contribution in [0.15, 0.2) is 78.9 Å². The van der Waals surface area contributed by atoms with E-state index in [1.807, 2.05) is 61.5 Å². The van der Waals surface area contributed by atoms with E-state index in [4.69, 9.17) is 4.74 Å². The Balaban J connectivity index is 1.89. The molecular weight excluding hydrogens is 378 g/mol. The van der Waals surface area contributed by atoms with Gasteiger partial charge in [0.05, 0.1) is 12.3 Å². The summed E-state index contributed by atoms with van der Waals surface area (Å²) in [6, 6.07) is 23.1. The zero-order valence-corrected chi connectivity index (χ0v) is 17.0. The van der Waals surface area contributed by atoms with Gasteiger partial charge in [0, 0.05) is 18.3 Å². The number of carbonyl (C=O) groups excluding carboxylic acids is 2. The lowest BCUT2D eigenvalue weighted by Gasteiger charge is -2.21. The summed E-state index contributed by atoms with van der Waals surface area (Å²) in [5, 5.41) is 8.82. The molecule has 0 heterocycles. The molecule has 2 amide bonds. The molecule has 0 aliphatic heterocycles. The maximum absolute atomic E-state index is 13.2. The number of hydrogen-bond donors (Lipinski definition) is 3. The normalized spacial score (nSPS) is 11.3. The van der Waals surface area contributed by atoms with Gasteiger partial charge in [-0.2, -0.15) is 0 Å². The Hall–Kier alpha value is -3.80. The van der Waals surface area contributed by atoms with E-state index in [1.54, 1.807) is 31.3 Å². The van der Waals surface area contributed by atoms with E-state index < -0.39 is 6.04 Å². The molecule has 3 N–H and O–H groups in total. The molecule has 0 spiro atoms. The minimum absolute atomic E-state index is 0.190. The molecule has 0 aliphatic carbocycles. The van der Waals surface area contributed by atoms with Crippen molar-refractivity contribution in [3.63, 3.8) is 0 Å². The summed E-state index contributed by atoms with van der Waals surface area (Å²) in [6.07, 6.45) is 0. The van der Waals surface area contributed by atoms with Crippen molar-refractivity contribution in [1.82, 2.24) is 5.32 Å². The zero-order chi connectivity index (χ0) is 21.3. The van der Waals surface area contributed by atoms with Crippen LogP contribution in [-0.4, -0.2) is 25.5 Å². The lowest BCUT2D eigenvalue weighted by atomic mass is 10.0. The number of amides is 2. The van der Waals surface area contributed by atoms with Crippen LogP contribution >= 0.6 is 0 Å². The second kappa shape index (κ2) is 10.1. The highest BCUT2D eigenvalue weighted by Crippen LogP contribution is 2.27. The number of anilines is 2. The van der Waals surface area contributed by atoms with E-state index >= 15 is 0 Å². The average Bonchev–Trinajstić information content (AvgIpc) is 2.79. The number of nitrogens with one attached hydrogen (secondary N) is 3. The van der Waals surface area contributed by atoms with E-state index in [0.717, 1.165) is 5.56 Å². The molecular formula is C24H25N3O3. The van der Waals surface area contributed by atoms with Crippen LogP contribution in [0.3, 0.4) is 0 Å². The van der Waals surface area contributed by atoms with Crippen molar-refractivity contribution in [3.05, 3.63) is 90.0 Å². The summed E-state index contributed by atoms with van der Waals surface area (Å²) in [4.78, 5) is 25.2. The molecule has 0 fully saturated rings. The molecule has 0 saturated heterocycles. The fraction of sp³-hybridized carbons (Fsp3) is 0.167. The Bertz CT molecular complexity index is 1010. The second-order valence-corrected chi connectivity index (χ2v) is 6.57. The minimum atomic E-state index is -0.666. The monoisotopic (exact) mass is 403 g/mol. The summed E-state index contributed by atoms with van der Waals surface area (Å²) in [6.45, 7) is 2.39. The van der Waals surface area contributed by atoms with Crippen molar-refractivity contribution < 1.29 is 14.3 Å². The molecule has 154 valence electrons. The van der Waals surface area contributed by atoms with Gasteiger partial charge in [-0.1, -0.05) is 48.5 Å². The third kappa shape index (κ3) is 5.17. The number of para-hydroxylation sites is 2. The number of hydrogen-bond acceptors (Lipinski definition) is 4. The summed E-state index contributed by atoms with van der Waals surface area (Å²) in [5.74, 6) is 0.186. The predicted molar refractivity (Wildman–Crippen MR) is 119 cm³/mol. The van der Waals surface area contributed by atoms with Crippen molar-refractivity contribution in [2.45, 2.75) is 13.0 Å². The average molecular weight is 403 g/mol. The molecule has 6 nitrogen and oxygen atoms in total. The molecule has 0 aliphatic rings. The molecule has 3 rings (SSSR count). The van der Waals surface area contributed by atoms with Gasteiger partial charge in [0.15, 0.2) is 0 Å². The zero-order valence-electron chi connectivity index (χ0n) is 17.0. The summed E-state index contributed by atoms with van der Waals surface area (Å²) in [7, 11) is 1.58. The smallest absolute Gasteiger partial charge is 0.251 e. The highest BCUT2D eigenvalue weighted by Gasteiger charge is 2.22. The van der Waals surface area contributed by atoms with Crippen LogP contribution in [0.2, 0.25) is 0 Å². The first kappa shape index (κ1) is 20.9. The van der Waals surface area contributed by atoms with Gasteiger partial charge in [0.2, 0.25) is 0 Å². The van der Waals surface area contributed by atoms with Gasteiger partial charge >= 0.3 is 0 Å². The van der Waals surface area contributed by atoms with Gasteiger partial charge in [-0.25, -0.2) is 0 Å². The Kier molecular flexibility index (Phi) is 7.05. The fourth-order valence-corrected chi connectivity index (χ4v) is 3.06. The van der Waals surface area contributed by atoms with E-state index in [0.29, 0.717) is 29.3 Å². The van der Waals surface area contributed by atoms with Crippen molar-refractivity contribution in [1.29, 1.82) is 0 Å². The number of carbonyl (C=O) groups is 2. The molecule has 3 aromatic rings. The predicted octanol–water partition coefficient (Wildman–Crippen LogP) is 4.24. The maximum atomic E-state index is 13.2. The Morgan fingerprint density at radius 2 is 1.67 bits per heavy atom. The van der Waals surface area contributed by atoms with Crippen LogP contribution in [0.4, 0.5) is 11.4 Å². The van der Waals surface area contributed by atoms with Gasteiger partial charge in [-0.15, -0.1) is 0 Å². The van der Waals surface area contributed by atoms with Crippen LogP contribution in [0.5, 0.6) is 5.75 Å². The van der Waals surface area contributed by atoms with Crippen molar-refractivity contribution >= 4 is 23.2 Å². The fourth-order valence-electron chi connectivity index (χ4n) is 3.06. The third-order valence-electron chi connectivity index (χ3n) is 4.50. The topological polar surface area (TPSA) is 79.5 Å². The maximum Gasteiger partial charge on any atom is 0.251 e. The molecule has 0 radical (unpaired) electrons. The van der Waals surface area contributed by atoms with Gasteiger partial charge in [0.1, 0.15) is 11.8 Å². The van der Waals surface area contributed by atoms with Crippen LogP contribution in [0.25, 0.3) is 0 Å². The summed E-state index contributed by atoms with van der Waals surface area (Å²) >= 11 is 0. The van der Waals surface area contributed by atoms with Crippen LogP contribution < -0.4 is 20.7 Å². The molecule has 0 unspecified atom stereocenters. The molecule has 0 saturated carbocycles. The summed E-state index contributed by atoms with van der Waals surface area (Å²) in [5.41, 5.74) is 2.58. The molecule has 1 atom stereocenters. The first-order valence-corrected chi connectivity index (χ1v) is 9.78. The number of ether oxygens (including phenoxy) is 1. The Morgan fingerprint density at radius 1 is 0.933 bits per heavy atom. The first-order chi connectivity index (χ1) is 14.6. The van der Waals surface area contributed by atoms with Gasteiger partial charge in [0.25, 0.3) is 11.8 Å². The van der Waals surface area contributed by atoms with Crippen molar-refractivity contribution in [2.75, 3.05) is 24.3 Å². The SMILES string of the molecule is CCOc1ccccc1NC(=O)[C@H](Nc1cccc(C(=O)NC)c1)c1ccccc1. The largest absolute Gasteiger partial charge is 0.492 e. The molecule has 0 aromatic heterocycles. The Morgan fingerprint density at radius 3 is 2.40 bits per heavy atom. The number of rotatable bonds is 8. The lowest BCUT2D eigenvalue weighted by molar-refractivity contribution is -0.117. The molecule has 3 aromatic carbocycles. The minimum Gasteiger partial charge on any atom is -0.492 e. The van der Waals surface area contributed by atoms with E-state index in [2.05, 4.69) is 16.0 Å². The third-order valence-corrected chi connectivity index (χ3v) is 4.50. The number of benzene rings is 3. The van der Waals surface area contributed by atoms with Crippen LogP contribution in [0, 0.1) is 0 Å². The standard InChI is InChI=1S/C24H25N3O3/c1-3-30-21-15-8-7-14-20(21)27-24(29)22(17-10-5-4-6-11-17)26-19-13-9-12-18(16-19)23(28)25-2/h4-16,22,26H,3H2,1-2H3,(H,25,28)(H,27,29)/t22-/m1/s1. The van der Waals surface area contributed by atoms with Crippen molar-refractivity contribution in [3.8, 4) is 5.75 Å². The van der Waals surface area contributed by atoms with Gasteiger partial charge < -0.3 is 20.7 Å². The van der Waals surface area contributed by atoms with E-state index in [-0.39, 0.29) is 11.8 Å². The van der Waals surface area contributed by atoms with Gasteiger partial charge in [-0.05, 0) is 42.8 Å². The highest BCUT2D eigenvalue weighted by molar-refractivity contribution is 5.99. The van der Waals surface area contributed by atoms with Crippen molar-refractivity contribution in [2.24, 2.45) is 0 Å². The van der Waals surface area contributed by atoms with E-state index in [1.165, 1.54) is 0 Å². The molecule has 30 heavy (non-hydrogen) atoms. The summed E-state index contributed by atoms with van der Waals surface area (Å²) < 4.78 is 5.62. The van der Waals surface area contributed by atoms with Crippen LogP contribution in [0.1, 0.15) is 28.9 Å². The molecule has 0 bridgehead atoms. The second-order valence-electron chi connectivity index (χ2n) is 6.57.